The highest BCUT2D eigenvalue weighted by atomic mass is 32.2. The maximum Gasteiger partial charge on any atom is 0.234 e. The Labute approximate surface area is 182 Å². The maximum atomic E-state index is 5.55. The lowest BCUT2D eigenvalue weighted by Crippen LogP contribution is -1.96. The third-order valence-electron chi connectivity index (χ3n) is 4.46. The number of rotatable bonds is 9. The predicted octanol–water partition coefficient (Wildman–Crippen LogP) is 4.45. The minimum atomic E-state index is 0.470. The normalized spacial score (nSPS) is 10.7. The number of benzene rings is 2. The van der Waals surface area contributed by atoms with E-state index in [1.807, 2.05) is 24.3 Å². The molecule has 0 saturated carbocycles. The fraction of sp³-hybridized carbons (Fsp3) is 0.200. The highest BCUT2D eigenvalue weighted by Gasteiger charge is 2.17. The molecule has 4 rings (SSSR count). The molecule has 0 aliphatic heterocycles. The zero-order valence-electron chi connectivity index (χ0n) is 17.3. The fourth-order valence-corrected chi connectivity index (χ4v) is 3.79. The molecule has 2 aromatic heterocycles. The highest BCUT2D eigenvalue weighted by molar-refractivity contribution is 8.00. The van der Waals surface area contributed by atoms with E-state index in [1.54, 1.807) is 40.6 Å². The second kappa shape index (κ2) is 8.96. The Hall–Kier alpha value is -3.73. The molecule has 2 heterocycles. The third-order valence-corrected chi connectivity index (χ3v) is 5.36. The number of aromatic nitrogens is 3. The summed E-state index contributed by atoms with van der Waals surface area (Å²) in [6.07, 6.45) is 0. The summed E-state index contributed by atoms with van der Waals surface area (Å²) in [6, 6.07) is 11.0. The average molecular weight is 443 g/mol. The van der Waals surface area contributed by atoms with Crippen LogP contribution in [0.4, 0.5) is 17.3 Å². The first kappa shape index (κ1) is 20.5. The van der Waals surface area contributed by atoms with Gasteiger partial charge in [-0.1, -0.05) is 11.2 Å². The van der Waals surface area contributed by atoms with Gasteiger partial charge in [0.05, 0.1) is 39.5 Å². The van der Waals surface area contributed by atoms with Gasteiger partial charge in [0.25, 0.3) is 0 Å². The molecule has 2 aromatic carbocycles. The van der Waals surface area contributed by atoms with E-state index in [9.17, 15) is 0 Å². The Bertz CT molecular complexity index is 1170. The molecule has 4 aromatic rings. The van der Waals surface area contributed by atoms with E-state index < -0.39 is 0 Å². The average Bonchev–Trinajstić information content (AvgIpc) is 3.43. The molecule has 162 valence electrons. The Morgan fingerprint density at radius 3 is 2.32 bits per heavy atom. The third kappa shape index (κ3) is 4.12. The molecule has 0 aliphatic carbocycles. The number of hydrogen-bond donors (Lipinski definition) is 3. The lowest BCUT2D eigenvalue weighted by atomic mass is 10.2. The molecule has 11 heteroatoms. The molecule has 0 unspecified atom stereocenters. The molecule has 10 nitrogen and oxygen atoms in total. The number of H-pyrrole nitrogens is 1. The summed E-state index contributed by atoms with van der Waals surface area (Å²) >= 11 is 1.31. The second-order valence-corrected chi connectivity index (χ2v) is 7.04. The van der Waals surface area contributed by atoms with Gasteiger partial charge >= 0.3 is 0 Å². The number of anilines is 3. The molecule has 31 heavy (non-hydrogen) atoms. The van der Waals surface area contributed by atoms with Crippen LogP contribution in [0.1, 0.15) is 0 Å². The van der Waals surface area contributed by atoms with Crippen molar-refractivity contribution >= 4 is 40.2 Å². The van der Waals surface area contributed by atoms with Crippen molar-refractivity contribution < 1.29 is 23.5 Å². The van der Waals surface area contributed by atoms with E-state index in [2.05, 4.69) is 25.4 Å². The number of fused-ring (bicyclic) bond motifs is 1. The summed E-state index contributed by atoms with van der Waals surface area (Å²) in [4.78, 5) is 0.794. The first-order valence-corrected chi connectivity index (χ1v) is 9.96. The number of hydrogen-bond acceptors (Lipinski definition) is 10. The predicted molar refractivity (Wildman–Crippen MR) is 118 cm³/mol. The minimum absolute atomic E-state index is 0.470. The van der Waals surface area contributed by atoms with E-state index in [4.69, 9.17) is 23.5 Å². The Balaban J connectivity index is 1.61. The van der Waals surface area contributed by atoms with Crippen molar-refractivity contribution in [3.63, 3.8) is 0 Å². The summed E-state index contributed by atoms with van der Waals surface area (Å²) in [5.41, 5.74) is 1.26. The van der Waals surface area contributed by atoms with E-state index in [0.29, 0.717) is 46.0 Å². The molecule has 0 bridgehead atoms. The number of nitrogens with zero attached hydrogens (tertiary/aromatic N) is 2. The topological polar surface area (TPSA) is 116 Å². The van der Waals surface area contributed by atoms with Crippen LogP contribution in [0, 0.1) is 0 Å². The summed E-state index contributed by atoms with van der Waals surface area (Å²) < 4.78 is 30.2. The minimum Gasteiger partial charge on any atom is -0.495 e. The van der Waals surface area contributed by atoms with Gasteiger partial charge in [-0.05, 0) is 30.1 Å². The lowest BCUT2D eigenvalue weighted by molar-refractivity contribution is 0.376. The summed E-state index contributed by atoms with van der Waals surface area (Å²) in [7, 11) is 6.36. The van der Waals surface area contributed by atoms with Gasteiger partial charge < -0.3 is 33.5 Å². The van der Waals surface area contributed by atoms with Crippen molar-refractivity contribution in [2.45, 2.75) is 4.90 Å². The zero-order valence-corrected chi connectivity index (χ0v) is 18.1. The largest absolute Gasteiger partial charge is 0.495 e. The molecular weight excluding hydrogens is 422 g/mol. The van der Waals surface area contributed by atoms with Crippen LogP contribution in [0.2, 0.25) is 0 Å². The van der Waals surface area contributed by atoms with Crippen molar-refractivity contribution in [3.05, 3.63) is 36.4 Å². The van der Waals surface area contributed by atoms with Gasteiger partial charge in [-0.25, -0.2) is 0 Å². The van der Waals surface area contributed by atoms with Crippen molar-refractivity contribution in [2.24, 2.45) is 0 Å². The van der Waals surface area contributed by atoms with Crippen LogP contribution in [-0.4, -0.2) is 43.8 Å². The van der Waals surface area contributed by atoms with Crippen LogP contribution in [-0.2, 0) is 0 Å². The van der Waals surface area contributed by atoms with Crippen molar-refractivity contribution in [3.8, 4) is 23.1 Å². The molecule has 0 radical (unpaired) electrons. The van der Waals surface area contributed by atoms with E-state index in [-0.39, 0.29) is 0 Å². The standard InChI is InChI=1S/C20H21N5O5S/c1-26-13-6-5-7-14(27-2)19(13)31-25-20-11-8-16(28-3)12(9-15(11)30-24-20)21-17-10-18(29-4)23-22-17/h5-10H,1-4H3,(H,24,25)(H2,21,22,23). The number of methoxy groups -OCH3 is 4. The van der Waals surface area contributed by atoms with Crippen LogP contribution in [0.25, 0.3) is 11.0 Å². The Morgan fingerprint density at radius 2 is 1.68 bits per heavy atom. The molecular formula is C20H21N5O5S. The Kier molecular flexibility index (Phi) is 5.94. The van der Waals surface area contributed by atoms with Crippen LogP contribution in [0.5, 0.6) is 23.1 Å². The maximum absolute atomic E-state index is 5.55. The molecule has 0 fully saturated rings. The highest BCUT2D eigenvalue weighted by Crippen LogP contribution is 2.40. The number of aromatic amines is 1. The van der Waals surface area contributed by atoms with Gasteiger partial charge in [-0.15, -0.1) is 5.10 Å². The monoisotopic (exact) mass is 443 g/mol. The van der Waals surface area contributed by atoms with Gasteiger partial charge in [0.1, 0.15) is 28.0 Å². The first-order valence-electron chi connectivity index (χ1n) is 9.14. The second-order valence-electron chi connectivity index (χ2n) is 6.22. The summed E-state index contributed by atoms with van der Waals surface area (Å²) in [5.74, 6) is 3.63. The zero-order chi connectivity index (χ0) is 21.8. The fourth-order valence-electron chi connectivity index (χ4n) is 2.94. The van der Waals surface area contributed by atoms with E-state index in [0.717, 1.165) is 10.3 Å². The number of nitrogens with one attached hydrogen (secondary N) is 3. The molecule has 0 atom stereocenters. The first-order chi connectivity index (χ1) is 15.2. The van der Waals surface area contributed by atoms with Crippen molar-refractivity contribution in [1.82, 2.24) is 15.4 Å². The van der Waals surface area contributed by atoms with Crippen LogP contribution < -0.4 is 29.0 Å². The van der Waals surface area contributed by atoms with Gasteiger partial charge in [0, 0.05) is 12.1 Å². The van der Waals surface area contributed by atoms with E-state index >= 15 is 0 Å². The SMILES string of the molecule is COc1cc(Nc2cc3onc(NSc4c(OC)cccc4OC)c3cc2OC)[nH]n1. The van der Waals surface area contributed by atoms with Crippen LogP contribution in [0.3, 0.4) is 0 Å². The lowest BCUT2D eigenvalue weighted by Gasteiger charge is -2.12. The summed E-state index contributed by atoms with van der Waals surface area (Å²) in [5, 5.41) is 15.0. The Morgan fingerprint density at radius 1 is 0.935 bits per heavy atom. The van der Waals surface area contributed by atoms with Crippen molar-refractivity contribution in [2.75, 3.05) is 38.5 Å². The smallest absolute Gasteiger partial charge is 0.234 e. The van der Waals surface area contributed by atoms with Gasteiger partial charge in [-0.3, -0.25) is 5.10 Å². The van der Waals surface area contributed by atoms with Crippen molar-refractivity contribution in [1.29, 1.82) is 0 Å². The molecule has 0 amide bonds. The van der Waals surface area contributed by atoms with Gasteiger partial charge in [-0.2, -0.15) is 0 Å². The van der Waals surface area contributed by atoms with Crippen LogP contribution >= 0.6 is 11.9 Å². The summed E-state index contributed by atoms with van der Waals surface area (Å²) in [6.45, 7) is 0. The molecule has 0 saturated heterocycles. The molecule has 3 N–H and O–H groups in total. The van der Waals surface area contributed by atoms with Crippen LogP contribution in [0.15, 0.2) is 45.8 Å². The molecule has 0 spiro atoms. The number of ether oxygens (including phenoxy) is 4. The van der Waals surface area contributed by atoms with Gasteiger partial charge in [0.15, 0.2) is 11.4 Å². The van der Waals surface area contributed by atoms with Gasteiger partial charge in [0.2, 0.25) is 5.88 Å². The van der Waals surface area contributed by atoms with E-state index in [1.165, 1.54) is 11.9 Å². The quantitative estimate of drug-likeness (QED) is 0.320. The molecule has 0 aliphatic rings.